The fraction of sp³-hybridized carbons (Fsp3) is 0.0667. The molecule has 2 heterocycles. The van der Waals surface area contributed by atoms with Gasteiger partial charge in [-0.3, -0.25) is 14.6 Å². The summed E-state index contributed by atoms with van der Waals surface area (Å²) in [6, 6.07) is 9.31. The smallest absolute Gasteiger partial charge is 0.170 e. The van der Waals surface area contributed by atoms with Crippen molar-refractivity contribution >= 4 is 23.5 Å². The maximum Gasteiger partial charge on any atom is 0.170 e. The van der Waals surface area contributed by atoms with Gasteiger partial charge in [0.1, 0.15) is 5.69 Å². The van der Waals surface area contributed by atoms with Crippen molar-refractivity contribution in [2.45, 2.75) is 6.92 Å². The first-order valence-electron chi connectivity index (χ1n) is 6.00. The Morgan fingerprint density at radius 1 is 1.05 bits per heavy atom. The Bertz CT molecular complexity index is 729. The molecule has 0 aliphatic carbocycles. The van der Waals surface area contributed by atoms with E-state index in [2.05, 4.69) is 15.0 Å². The molecule has 0 amide bonds. The van der Waals surface area contributed by atoms with Crippen LogP contribution in [0.15, 0.2) is 42.9 Å². The van der Waals surface area contributed by atoms with Gasteiger partial charge in [0.15, 0.2) is 12.6 Å². The molecule has 2 aromatic heterocycles. The van der Waals surface area contributed by atoms with Gasteiger partial charge in [-0.05, 0) is 19.1 Å². The molecule has 0 atom stereocenters. The Morgan fingerprint density at radius 3 is 2.45 bits per heavy atom. The normalized spacial score (nSPS) is 9.65. The molecule has 1 aromatic carbocycles. The van der Waals surface area contributed by atoms with E-state index in [1.54, 1.807) is 19.2 Å². The molecule has 0 radical (unpaired) electrons. The average molecular weight is 267 g/mol. The molecular weight excluding hydrogens is 254 g/mol. The van der Waals surface area contributed by atoms with Crippen LogP contribution in [-0.2, 0) is 0 Å². The van der Waals surface area contributed by atoms with Gasteiger partial charge < -0.3 is 4.98 Å². The topological polar surface area (TPSA) is 75.7 Å². The van der Waals surface area contributed by atoms with Crippen molar-refractivity contribution in [3.05, 3.63) is 59.8 Å². The maximum atomic E-state index is 10.6. The van der Waals surface area contributed by atoms with Crippen LogP contribution in [0.2, 0.25) is 0 Å². The van der Waals surface area contributed by atoms with Gasteiger partial charge in [0.25, 0.3) is 0 Å². The van der Waals surface area contributed by atoms with Gasteiger partial charge in [-0.1, -0.05) is 18.2 Å². The number of nitrogens with one attached hydrogen (secondary N) is 1. The number of benzene rings is 1. The van der Waals surface area contributed by atoms with Crippen molar-refractivity contribution in [3.8, 4) is 0 Å². The second-order valence-electron chi connectivity index (χ2n) is 4.07. The van der Waals surface area contributed by atoms with E-state index in [1.807, 2.05) is 24.3 Å². The standard InChI is InChI=1S/C10H7NO.C5H6N2O/c12-7-8-5-6-11-10-4-2-1-3-9(8)10;1-4-5(2-8)7-3-6-4/h1-7H;2-3H,1H3,(H,6,7). The third-order valence-electron chi connectivity index (χ3n) is 2.79. The number of pyridine rings is 1. The predicted octanol–water partition coefficient (Wildman–Crippen LogP) is 2.58. The fourth-order valence-electron chi connectivity index (χ4n) is 1.71. The van der Waals surface area contributed by atoms with Gasteiger partial charge in [-0.2, -0.15) is 0 Å². The Morgan fingerprint density at radius 2 is 1.85 bits per heavy atom. The number of H-pyrrole nitrogens is 1. The molecule has 100 valence electrons. The van der Waals surface area contributed by atoms with E-state index in [0.29, 0.717) is 11.3 Å². The highest BCUT2D eigenvalue weighted by molar-refractivity contribution is 5.95. The number of carbonyl (C=O) groups is 2. The number of para-hydroxylation sites is 1. The number of fused-ring (bicyclic) bond motifs is 1. The highest BCUT2D eigenvalue weighted by Crippen LogP contribution is 2.13. The number of aromatic nitrogens is 3. The van der Waals surface area contributed by atoms with Crippen LogP contribution < -0.4 is 0 Å². The van der Waals surface area contributed by atoms with Gasteiger partial charge in [-0.15, -0.1) is 0 Å². The van der Waals surface area contributed by atoms with Gasteiger partial charge in [0, 0.05) is 22.8 Å². The molecule has 0 aliphatic heterocycles. The number of carbonyl (C=O) groups excluding carboxylic acids is 2. The van der Waals surface area contributed by atoms with Crippen molar-refractivity contribution in [2.75, 3.05) is 0 Å². The van der Waals surface area contributed by atoms with E-state index in [-0.39, 0.29) is 0 Å². The van der Waals surface area contributed by atoms with Gasteiger partial charge >= 0.3 is 0 Å². The number of hydrogen-bond donors (Lipinski definition) is 1. The van der Waals surface area contributed by atoms with Crippen LogP contribution in [0.3, 0.4) is 0 Å². The summed E-state index contributed by atoms with van der Waals surface area (Å²) in [5.74, 6) is 0. The lowest BCUT2D eigenvalue weighted by atomic mass is 10.1. The lowest BCUT2D eigenvalue weighted by Gasteiger charge is -1.97. The zero-order valence-corrected chi connectivity index (χ0v) is 10.9. The van der Waals surface area contributed by atoms with Crippen LogP contribution in [0.4, 0.5) is 0 Å². The van der Waals surface area contributed by atoms with E-state index in [1.165, 1.54) is 6.33 Å². The molecule has 0 spiro atoms. The molecule has 0 saturated heterocycles. The largest absolute Gasteiger partial charge is 0.348 e. The van der Waals surface area contributed by atoms with E-state index >= 15 is 0 Å². The molecule has 0 saturated carbocycles. The summed E-state index contributed by atoms with van der Waals surface area (Å²) in [4.78, 5) is 31.2. The summed E-state index contributed by atoms with van der Waals surface area (Å²) >= 11 is 0. The lowest BCUT2D eigenvalue weighted by Crippen LogP contribution is -1.84. The summed E-state index contributed by atoms with van der Waals surface area (Å²) in [5.41, 5.74) is 2.87. The summed E-state index contributed by atoms with van der Waals surface area (Å²) in [6.07, 6.45) is 4.72. The van der Waals surface area contributed by atoms with Crippen LogP contribution >= 0.6 is 0 Å². The predicted molar refractivity (Wildman–Crippen MR) is 75.8 cm³/mol. The molecular formula is C15H13N3O2. The van der Waals surface area contributed by atoms with Gasteiger partial charge in [0.05, 0.1) is 11.8 Å². The zero-order valence-electron chi connectivity index (χ0n) is 10.9. The van der Waals surface area contributed by atoms with Crippen molar-refractivity contribution in [1.82, 2.24) is 15.0 Å². The van der Waals surface area contributed by atoms with Crippen LogP contribution in [0.5, 0.6) is 0 Å². The number of aldehydes is 2. The Labute approximate surface area is 115 Å². The van der Waals surface area contributed by atoms with Crippen molar-refractivity contribution in [2.24, 2.45) is 0 Å². The maximum absolute atomic E-state index is 10.6. The number of nitrogens with zero attached hydrogens (tertiary/aromatic N) is 2. The summed E-state index contributed by atoms with van der Waals surface area (Å²) in [5, 5.41) is 0.912. The zero-order chi connectivity index (χ0) is 14.4. The molecule has 5 heteroatoms. The monoisotopic (exact) mass is 267 g/mol. The minimum Gasteiger partial charge on any atom is -0.348 e. The third-order valence-corrected chi connectivity index (χ3v) is 2.79. The third kappa shape index (κ3) is 2.95. The Balaban J connectivity index is 0.000000160. The second kappa shape index (κ2) is 6.38. The molecule has 5 nitrogen and oxygen atoms in total. The molecule has 3 rings (SSSR count). The number of imidazole rings is 1. The molecule has 20 heavy (non-hydrogen) atoms. The molecule has 0 bridgehead atoms. The molecule has 0 unspecified atom stereocenters. The lowest BCUT2D eigenvalue weighted by molar-refractivity contribution is 0.111. The van der Waals surface area contributed by atoms with Crippen LogP contribution in [0, 0.1) is 6.92 Å². The molecule has 3 aromatic rings. The highest BCUT2D eigenvalue weighted by Gasteiger charge is 1.97. The summed E-state index contributed by atoms with van der Waals surface area (Å²) in [6.45, 7) is 1.80. The number of aromatic amines is 1. The Hall–Kier alpha value is -2.82. The van der Waals surface area contributed by atoms with Crippen LogP contribution in [0.1, 0.15) is 26.5 Å². The van der Waals surface area contributed by atoms with Gasteiger partial charge in [0.2, 0.25) is 0 Å². The SMILES string of the molecule is Cc1[nH]cnc1C=O.O=Cc1ccnc2ccccc12. The van der Waals surface area contributed by atoms with E-state index < -0.39 is 0 Å². The highest BCUT2D eigenvalue weighted by atomic mass is 16.1. The Kier molecular flexibility index (Phi) is 4.34. The van der Waals surface area contributed by atoms with Crippen molar-refractivity contribution < 1.29 is 9.59 Å². The average Bonchev–Trinajstić information content (AvgIpc) is 2.92. The molecule has 0 fully saturated rings. The van der Waals surface area contributed by atoms with Gasteiger partial charge in [-0.25, -0.2) is 4.98 Å². The second-order valence-corrected chi connectivity index (χ2v) is 4.07. The first-order valence-corrected chi connectivity index (χ1v) is 6.00. The van der Waals surface area contributed by atoms with Crippen molar-refractivity contribution in [3.63, 3.8) is 0 Å². The molecule has 0 aliphatic rings. The number of aryl methyl sites for hydroxylation is 1. The summed E-state index contributed by atoms with van der Waals surface area (Å²) < 4.78 is 0. The van der Waals surface area contributed by atoms with Crippen LogP contribution in [0.25, 0.3) is 10.9 Å². The van der Waals surface area contributed by atoms with E-state index in [9.17, 15) is 9.59 Å². The fourth-order valence-corrected chi connectivity index (χ4v) is 1.71. The van der Waals surface area contributed by atoms with Crippen LogP contribution in [-0.4, -0.2) is 27.5 Å². The minimum absolute atomic E-state index is 0.491. The van der Waals surface area contributed by atoms with E-state index in [0.717, 1.165) is 29.2 Å². The first kappa shape index (κ1) is 13.6. The molecule has 1 N–H and O–H groups in total. The van der Waals surface area contributed by atoms with Crippen molar-refractivity contribution in [1.29, 1.82) is 0 Å². The number of hydrogen-bond acceptors (Lipinski definition) is 4. The van der Waals surface area contributed by atoms with E-state index in [4.69, 9.17) is 0 Å². The first-order chi connectivity index (χ1) is 9.76. The quantitative estimate of drug-likeness (QED) is 0.724. The minimum atomic E-state index is 0.491. The number of rotatable bonds is 2. The summed E-state index contributed by atoms with van der Waals surface area (Å²) in [7, 11) is 0.